The van der Waals surface area contributed by atoms with Gasteiger partial charge in [-0.1, -0.05) is 30.3 Å². The highest BCUT2D eigenvalue weighted by Gasteiger charge is 2.39. The highest BCUT2D eigenvalue weighted by Crippen LogP contribution is 2.36. The van der Waals surface area contributed by atoms with Crippen molar-refractivity contribution in [2.24, 2.45) is 0 Å². The minimum Gasteiger partial charge on any atom is -0.475 e. The van der Waals surface area contributed by atoms with Crippen LogP contribution in [-0.4, -0.2) is 120 Å². The summed E-state index contributed by atoms with van der Waals surface area (Å²) in [7, 11) is 4.43. The largest absolute Gasteiger partial charge is 0.490 e. The molecule has 2 saturated heterocycles. The van der Waals surface area contributed by atoms with Crippen molar-refractivity contribution in [3.63, 3.8) is 0 Å². The van der Waals surface area contributed by atoms with Gasteiger partial charge in [-0.3, -0.25) is 4.90 Å². The third-order valence-electron chi connectivity index (χ3n) is 6.67. The van der Waals surface area contributed by atoms with Gasteiger partial charge < -0.3 is 25.1 Å². The average molecular weight is 560 g/mol. The van der Waals surface area contributed by atoms with Gasteiger partial charge in [-0.2, -0.15) is 26.3 Å². The fraction of sp³-hybridized carbons (Fsp3) is 0.667. The predicted octanol–water partition coefficient (Wildman–Crippen LogP) is 2.92. The number of hydrogen-bond donors (Lipinski definition) is 3. The van der Waals surface area contributed by atoms with Crippen LogP contribution >= 0.6 is 0 Å². The number of nitrogens with zero attached hydrogens (tertiary/aromatic N) is 3. The molecule has 1 aromatic carbocycles. The van der Waals surface area contributed by atoms with Crippen LogP contribution in [0.5, 0.6) is 0 Å². The second-order valence-corrected chi connectivity index (χ2v) is 9.44. The Bertz CT molecular complexity index is 837. The number of likely N-dealkylation sites (N-methyl/N-ethyl adjacent to an activating group) is 1. The number of likely N-dealkylation sites (tertiary alicyclic amines) is 1. The molecule has 0 aromatic heterocycles. The number of halogens is 6. The molecule has 3 N–H and O–H groups in total. The van der Waals surface area contributed by atoms with Gasteiger partial charge in [-0.05, 0) is 52.0 Å². The van der Waals surface area contributed by atoms with Crippen LogP contribution in [-0.2, 0) is 15.0 Å². The van der Waals surface area contributed by atoms with Crippen molar-refractivity contribution in [2.45, 2.75) is 43.1 Å². The monoisotopic (exact) mass is 559 g/mol. The highest BCUT2D eigenvalue weighted by molar-refractivity contribution is 5.73. The van der Waals surface area contributed by atoms with Gasteiger partial charge in [0.05, 0.1) is 0 Å². The molecule has 2 aliphatic rings. The molecule has 0 spiro atoms. The van der Waals surface area contributed by atoms with Crippen molar-refractivity contribution >= 4 is 11.9 Å². The predicted molar refractivity (Wildman–Crippen MR) is 127 cm³/mol. The number of piperidine rings is 1. The fourth-order valence-corrected chi connectivity index (χ4v) is 4.42. The first-order chi connectivity index (χ1) is 17.5. The van der Waals surface area contributed by atoms with Crippen LogP contribution in [0, 0.1) is 0 Å². The van der Waals surface area contributed by atoms with E-state index in [-0.39, 0.29) is 12.0 Å². The molecule has 0 aliphatic carbocycles. The van der Waals surface area contributed by atoms with Crippen molar-refractivity contribution < 1.29 is 51.3 Å². The van der Waals surface area contributed by atoms with E-state index in [1.165, 1.54) is 31.5 Å². The van der Waals surface area contributed by atoms with Gasteiger partial charge >= 0.3 is 24.3 Å². The standard InChI is InChI=1S/C20H33N3O.2C2HF3O2/c1-21-11-9-20(10-12-21,18-6-4-3-5-7-18)17-23-14-13-22(2)19(16-23)8-15-24;2*3-2(4,5)1(6)7/h3-7,19,24H,8-17H2,1-2H3;2*(H,6,7). The molecule has 1 aromatic rings. The van der Waals surface area contributed by atoms with Crippen LogP contribution in [0.15, 0.2) is 30.3 Å². The van der Waals surface area contributed by atoms with Crippen LogP contribution < -0.4 is 0 Å². The summed E-state index contributed by atoms with van der Waals surface area (Å²) < 4.78 is 63.5. The second kappa shape index (κ2) is 14.7. The summed E-state index contributed by atoms with van der Waals surface area (Å²) in [5.74, 6) is -5.51. The lowest BCUT2D eigenvalue weighted by Gasteiger charge is -2.47. The molecular weight excluding hydrogens is 524 g/mol. The number of carbonyl (C=O) groups is 2. The molecule has 8 nitrogen and oxygen atoms in total. The van der Waals surface area contributed by atoms with Gasteiger partial charge in [-0.25, -0.2) is 9.59 Å². The van der Waals surface area contributed by atoms with Gasteiger partial charge in [-0.15, -0.1) is 0 Å². The number of carboxylic acid groups (broad SMARTS) is 2. The number of rotatable bonds is 5. The first kappa shape index (κ1) is 33.6. The quantitative estimate of drug-likeness (QED) is 0.474. The number of hydrogen-bond acceptors (Lipinski definition) is 6. The lowest BCUT2D eigenvalue weighted by atomic mass is 9.72. The van der Waals surface area contributed by atoms with Crippen molar-refractivity contribution in [1.82, 2.24) is 14.7 Å². The molecule has 1 unspecified atom stereocenters. The highest BCUT2D eigenvalue weighted by atomic mass is 19.4. The zero-order chi connectivity index (χ0) is 29.1. The van der Waals surface area contributed by atoms with E-state index in [9.17, 15) is 31.4 Å². The Morgan fingerprint density at radius 2 is 1.37 bits per heavy atom. The van der Waals surface area contributed by atoms with Gasteiger partial charge in [0.2, 0.25) is 0 Å². The molecular formula is C24H35F6N3O5. The molecule has 1 atom stereocenters. The zero-order valence-corrected chi connectivity index (χ0v) is 21.3. The molecule has 2 fully saturated rings. The van der Waals surface area contributed by atoms with Crippen LogP contribution in [0.4, 0.5) is 26.3 Å². The first-order valence-electron chi connectivity index (χ1n) is 11.9. The summed E-state index contributed by atoms with van der Waals surface area (Å²) in [6, 6.07) is 11.6. The molecule has 2 aliphatic heterocycles. The van der Waals surface area contributed by atoms with E-state index in [0.29, 0.717) is 6.04 Å². The zero-order valence-electron chi connectivity index (χ0n) is 21.3. The van der Waals surface area contributed by atoms with Gasteiger partial charge in [0, 0.05) is 44.2 Å². The molecule has 218 valence electrons. The first-order valence-corrected chi connectivity index (χ1v) is 11.9. The van der Waals surface area contributed by atoms with Crippen LogP contribution in [0.25, 0.3) is 0 Å². The Labute approximate surface area is 217 Å². The Kier molecular flexibility index (Phi) is 13.0. The molecule has 0 saturated carbocycles. The lowest BCUT2D eigenvalue weighted by molar-refractivity contribution is -0.193. The Morgan fingerprint density at radius 3 is 1.79 bits per heavy atom. The van der Waals surface area contributed by atoms with Crippen LogP contribution in [0.3, 0.4) is 0 Å². The summed E-state index contributed by atoms with van der Waals surface area (Å²) >= 11 is 0. The second-order valence-electron chi connectivity index (χ2n) is 9.44. The maximum Gasteiger partial charge on any atom is 0.490 e. The van der Waals surface area contributed by atoms with Gasteiger partial charge in [0.25, 0.3) is 0 Å². The summed E-state index contributed by atoms with van der Waals surface area (Å²) in [5.41, 5.74) is 1.80. The number of aliphatic hydroxyl groups excluding tert-OH is 1. The molecule has 0 amide bonds. The third kappa shape index (κ3) is 11.1. The minimum absolute atomic E-state index is 0.285. The normalized spacial score (nSPS) is 20.9. The average Bonchev–Trinajstić information content (AvgIpc) is 2.83. The topological polar surface area (TPSA) is 105 Å². The van der Waals surface area contributed by atoms with Crippen molar-refractivity contribution in [1.29, 1.82) is 0 Å². The van der Waals surface area contributed by atoms with Crippen LogP contribution in [0.1, 0.15) is 24.8 Å². The smallest absolute Gasteiger partial charge is 0.475 e. The summed E-state index contributed by atoms with van der Waals surface area (Å²) in [6.45, 7) is 7.14. The van der Waals surface area contributed by atoms with E-state index >= 15 is 0 Å². The molecule has 0 radical (unpaired) electrons. The lowest BCUT2D eigenvalue weighted by Crippen LogP contribution is -2.56. The molecule has 3 rings (SSSR count). The van der Waals surface area contributed by atoms with E-state index in [1.54, 1.807) is 0 Å². The van der Waals surface area contributed by atoms with E-state index in [1.807, 2.05) is 0 Å². The maximum absolute atomic E-state index is 10.6. The number of aliphatic hydroxyl groups is 1. The maximum atomic E-state index is 10.6. The number of carboxylic acids is 2. The molecule has 2 heterocycles. The number of aliphatic carboxylic acids is 2. The fourth-order valence-electron chi connectivity index (χ4n) is 4.42. The van der Waals surface area contributed by atoms with Crippen molar-refractivity contribution in [3.8, 4) is 0 Å². The SMILES string of the molecule is CN1CCC(CN2CCN(C)C(CCO)C2)(c2ccccc2)CC1.O=C(O)C(F)(F)F.O=C(O)C(F)(F)F. The Morgan fingerprint density at radius 1 is 0.895 bits per heavy atom. The number of benzene rings is 1. The Hall–Kier alpha value is -2.42. The Balaban J connectivity index is 0.000000426. The van der Waals surface area contributed by atoms with E-state index in [4.69, 9.17) is 19.8 Å². The van der Waals surface area contributed by atoms with Gasteiger partial charge in [0.1, 0.15) is 0 Å². The number of piperazine rings is 1. The minimum atomic E-state index is -5.08. The van der Waals surface area contributed by atoms with E-state index in [2.05, 4.69) is 59.1 Å². The van der Waals surface area contributed by atoms with Crippen LogP contribution in [0.2, 0.25) is 0 Å². The summed E-state index contributed by atoms with van der Waals surface area (Å²) in [4.78, 5) is 25.3. The van der Waals surface area contributed by atoms with Crippen molar-refractivity contribution in [2.75, 3.05) is 60.0 Å². The molecule has 14 heteroatoms. The number of alkyl halides is 6. The summed E-state index contributed by atoms with van der Waals surface area (Å²) in [6.07, 6.45) is -6.80. The van der Waals surface area contributed by atoms with E-state index < -0.39 is 24.3 Å². The van der Waals surface area contributed by atoms with E-state index in [0.717, 1.165) is 32.6 Å². The van der Waals surface area contributed by atoms with Gasteiger partial charge in [0.15, 0.2) is 0 Å². The summed E-state index contributed by atoms with van der Waals surface area (Å²) in [5, 5.41) is 23.6. The molecule has 0 bridgehead atoms. The third-order valence-corrected chi connectivity index (χ3v) is 6.67. The molecule has 38 heavy (non-hydrogen) atoms. The van der Waals surface area contributed by atoms with Crippen molar-refractivity contribution in [3.05, 3.63) is 35.9 Å².